The van der Waals surface area contributed by atoms with Gasteiger partial charge in [-0.2, -0.15) is 11.3 Å². The Balaban J connectivity index is 2.18. The smallest absolute Gasteiger partial charge is 0.254 e. The molecule has 4 heteroatoms. The van der Waals surface area contributed by atoms with E-state index in [1.165, 1.54) is 5.56 Å². The van der Waals surface area contributed by atoms with E-state index in [2.05, 4.69) is 16.8 Å². The summed E-state index contributed by atoms with van der Waals surface area (Å²) >= 11 is 1.68. The molecule has 1 aromatic heterocycles. The van der Waals surface area contributed by atoms with E-state index in [-0.39, 0.29) is 11.9 Å². The number of nitrogens with zero attached hydrogens (tertiary/aromatic N) is 1. The zero-order chi connectivity index (χ0) is 12.5. The van der Waals surface area contributed by atoms with Crippen LogP contribution in [0.1, 0.15) is 38.3 Å². The van der Waals surface area contributed by atoms with Gasteiger partial charge in [0.2, 0.25) is 0 Å². The van der Waals surface area contributed by atoms with Gasteiger partial charge in [0.05, 0.1) is 6.04 Å². The Morgan fingerprint density at radius 3 is 2.94 bits per heavy atom. The highest BCUT2D eigenvalue weighted by atomic mass is 32.1. The first kappa shape index (κ1) is 12.6. The van der Waals surface area contributed by atoms with E-state index in [1.807, 2.05) is 18.7 Å². The van der Waals surface area contributed by atoms with Gasteiger partial charge in [0.15, 0.2) is 0 Å². The molecule has 1 unspecified atom stereocenters. The zero-order valence-electron chi connectivity index (χ0n) is 10.6. The van der Waals surface area contributed by atoms with Gasteiger partial charge in [-0.25, -0.2) is 0 Å². The van der Waals surface area contributed by atoms with Crippen molar-refractivity contribution in [3.8, 4) is 0 Å². The fourth-order valence-corrected chi connectivity index (χ4v) is 2.96. The number of rotatable bonds is 3. The second-order valence-electron chi connectivity index (χ2n) is 4.93. The lowest BCUT2D eigenvalue weighted by atomic mass is 10.0. The van der Waals surface area contributed by atoms with Gasteiger partial charge in [-0.1, -0.05) is 0 Å². The SMILES string of the molecule is COC(C)(C)C(=O)N1CCCC1c1ccsc1. The predicted molar refractivity (Wildman–Crippen MR) is 69.1 cm³/mol. The minimum absolute atomic E-state index is 0.0914. The molecule has 1 aromatic rings. The van der Waals surface area contributed by atoms with Crippen molar-refractivity contribution in [1.82, 2.24) is 4.90 Å². The van der Waals surface area contributed by atoms with E-state index in [1.54, 1.807) is 18.4 Å². The first-order valence-electron chi connectivity index (χ1n) is 5.94. The first-order valence-corrected chi connectivity index (χ1v) is 6.89. The van der Waals surface area contributed by atoms with Crippen LogP contribution in [0.4, 0.5) is 0 Å². The number of hydrogen-bond acceptors (Lipinski definition) is 3. The van der Waals surface area contributed by atoms with Crippen LogP contribution in [0.2, 0.25) is 0 Å². The van der Waals surface area contributed by atoms with Gasteiger partial charge < -0.3 is 9.64 Å². The van der Waals surface area contributed by atoms with Gasteiger partial charge in [0.1, 0.15) is 5.60 Å². The molecular formula is C13H19NO2S. The van der Waals surface area contributed by atoms with E-state index in [9.17, 15) is 4.79 Å². The van der Waals surface area contributed by atoms with Crippen LogP contribution in [0.3, 0.4) is 0 Å². The van der Waals surface area contributed by atoms with Gasteiger partial charge in [0.25, 0.3) is 5.91 Å². The van der Waals surface area contributed by atoms with Crippen molar-refractivity contribution in [3.63, 3.8) is 0 Å². The van der Waals surface area contributed by atoms with Crippen molar-refractivity contribution < 1.29 is 9.53 Å². The average molecular weight is 253 g/mol. The Morgan fingerprint density at radius 1 is 1.59 bits per heavy atom. The number of carbonyl (C=O) groups excluding carboxylic acids is 1. The molecule has 0 spiro atoms. The topological polar surface area (TPSA) is 29.5 Å². The Labute approximate surface area is 106 Å². The molecule has 3 nitrogen and oxygen atoms in total. The molecule has 0 aliphatic carbocycles. The molecule has 1 aliphatic rings. The van der Waals surface area contributed by atoms with E-state index < -0.39 is 5.60 Å². The summed E-state index contributed by atoms with van der Waals surface area (Å²) in [5.41, 5.74) is 0.534. The normalized spacial score (nSPS) is 20.9. The van der Waals surface area contributed by atoms with Gasteiger partial charge in [-0.3, -0.25) is 4.79 Å². The van der Waals surface area contributed by atoms with E-state index >= 15 is 0 Å². The molecule has 94 valence electrons. The second-order valence-corrected chi connectivity index (χ2v) is 5.71. The Hall–Kier alpha value is -0.870. The molecule has 17 heavy (non-hydrogen) atoms. The van der Waals surface area contributed by atoms with Gasteiger partial charge in [-0.05, 0) is 49.1 Å². The lowest BCUT2D eigenvalue weighted by Gasteiger charge is -2.32. The lowest BCUT2D eigenvalue weighted by Crippen LogP contribution is -2.45. The molecule has 1 amide bonds. The molecule has 1 saturated heterocycles. The van der Waals surface area contributed by atoms with Gasteiger partial charge in [-0.15, -0.1) is 0 Å². The summed E-state index contributed by atoms with van der Waals surface area (Å²) in [5, 5.41) is 4.20. The van der Waals surface area contributed by atoms with E-state index in [4.69, 9.17) is 4.74 Å². The first-order chi connectivity index (χ1) is 8.06. The highest BCUT2D eigenvalue weighted by Crippen LogP contribution is 2.34. The number of thiophene rings is 1. The number of likely N-dealkylation sites (tertiary alicyclic amines) is 1. The van der Waals surface area contributed by atoms with Crippen LogP contribution in [-0.2, 0) is 9.53 Å². The van der Waals surface area contributed by atoms with E-state index in [0.717, 1.165) is 19.4 Å². The molecule has 2 heterocycles. The van der Waals surface area contributed by atoms with Crippen LogP contribution in [0.25, 0.3) is 0 Å². The van der Waals surface area contributed by atoms with Crippen molar-refractivity contribution in [1.29, 1.82) is 0 Å². The predicted octanol–water partition coefficient (Wildman–Crippen LogP) is 2.84. The largest absolute Gasteiger partial charge is 0.369 e. The van der Waals surface area contributed by atoms with Crippen LogP contribution in [0, 0.1) is 0 Å². The summed E-state index contributed by atoms with van der Waals surface area (Å²) in [5.74, 6) is 0.0914. The summed E-state index contributed by atoms with van der Waals surface area (Å²) in [7, 11) is 1.59. The standard InChI is InChI=1S/C13H19NO2S/c1-13(2,16-3)12(15)14-7-4-5-11(14)10-6-8-17-9-10/h6,8-9,11H,4-5,7H2,1-3H3. The van der Waals surface area contributed by atoms with Crippen LogP contribution in [0.5, 0.6) is 0 Å². The van der Waals surface area contributed by atoms with Crippen molar-refractivity contribution >= 4 is 17.2 Å². The monoisotopic (exact) mass is 253 g/mol. The molecule has 1 aliphatic heterocycles. The molecule has 1 atom stereocenters. The Kier molecular flexibility index (Phi) is 3.54. The maximum Gasteiger partial charge on any atom is 0.254 e. The number of methoxy groups -OCH3 is 1. The minimum atomic E-state index is -0.724. The fourth-order valence-electron chi connectivity index (χ4n) is 2.25. The summed E-state index contributed by atoms with van der Waals surface area (Å²) in [6.45, 7) is 4.50. The molecule has 0 saturated carbocycles. The number of ether oxygens (including phenoxy) is 1. The number of amides is 1. The molecule has 1 fully saturated rings. The van der Waals surface area contributed by atoms with Gasteiger partial charge in [0, 0.05) is 13.7 Å². The highest BCUT2D eigenvalue weighted by Gasteiger charge is 2.38. The third-order valence-electron chi connectivity index (χ3n) is 3.47. The molecule has 0 radical (unpaired) electrons. The van der Waals surface area contributed by atoms with Crippen molar-refractivity contribution in [2.75, 3.05) is 13.7 Å². The lowest BCUT2D eigenvalue weighted by molar-refractivity contribution is -0.152. The molecule has 2 rings (SSSR count). The molecule has 0 bridgehead atoms. The number of carbonyl (C=O) groups is 1. The van der Waals surface area contributed by atoms with Crippen molar-refractivity contribution in [3.05, 3.63) is 22.4 Å². The van der Waals surface area contributed by atoms with Crippen LogP contribution < -0.4 is 0 Å². The minimum Gasteiger partial charge on any atom is -0.369 e. The van der Waals surface area contributed by atoms with Crippen LogP contribution >= 0.6 is 11.3 Å². The van der Waals surface area contributed by atoms with Gasteiger partial charge >= 0.3 is 0 Å². The second kappa shape index (κ2) is 4.78. The summed E-state index contributed by atoms with van der Waals surface area (Å²) < 4.78 is 5.29. The molecule has 0 aromatic carbocycles. The maximum atomic E-state index is 12.4. The van der Waals surface area contributed by atoms with E-state index in [0.29, 0.717) is 0 Å². The Morgan fingerprint density at radius 2 is 2.35 bits per heavy atom. The maximum absolute atomic E-state index is 12.4. The molecular weight excluding hydrogens is 234 g/mol. The molecule has 0 N–H and O–H groups in total. The van der Waals surface area contributed by atoms with Crippen molar-refractivity contribution in [2.24, 2.45) is 0 Å². The van der Waals surface area contributed by atoms with Crippen molar-refractivity contribution in [2.45, 2.75) is 38.3 Å². The highest BCUT2D eigenvalue weighted by molar-refractivity contribution is 7.07. The summed E-state index contributed by atoms with van der Waals surface area (Å²) in [6.07, 6.45) is 2.13. The summed E-state index contributed by atoms with van der Waals surface area (Å²) in [4.78, 5) is 14.4. The fraction of sp³-hybridized carbons (Fsp3) is 0.615. The third kappa shape index (κ3) is 2.38. The number of hydrogen-bond donors (Lipinski definition) is 0. The zero-order valence-corrected chi connectivity index (χ0v) is 11.4. The summed E-state index contributed by atoms with van der Waals surface area (Å²) in [6, 6.07) is 2.35. The quantitative estimate of drug-likeness (QED) is 0.829. The third-order valence-corrected chi connectivity index (χ3v) is 4.17. The average Bonchev–Trinajstić information content (AvgIpc) is 2.97. The van der Waals surface area contributed by atoms with Crippen LogP contribution in [-0.4, -0.2) is 30.1 Å². The van der Waals surface area contributed by atoms with Crippen LogP contribution in [0.15, 0.2) is 16.8 Å². The Bertz CT molecular complexity index is 386.